The maximum atomic E-state index is 12.8. The lowest BCUT2D eigenvalue weighted by molar-refractivity contribution is -0.384. The maximum Gasteiger partial charge on any atom is 0.416 e. The van der Waals surface area contributed by atoms with Crippen LogP contribution in [0, 0.1) is 10.1 Å². The third kappa shape index (κ3) is 4.23. The largest absolute Gasteiger partial charge is 0.416 e. The maximum absolute atomic E-state index is 12.8. The van der Waals surface area contributed by atoms with Gasteiger partial charge in [0.15, 0.2) is 0 Å². The van der Waals surface area contributed by atoms with Crippen molar-refractivity contribution in [2.24, 2.45) is 0 Å². The summed E-state index contributed by atoms with van der Waals surface area (Å²) < 4.78 is 38.3. The minimum atomic E-state index is -4.66. The average molecular weight is 340 g/mol. The smallest absolute Gasteiger partial charge is 0.395 e. The number of benzene rings is 2. The fraction of sp³-hybridized carbons (Fsp3) is 0.250. The topological polar surface area (TPSA) is 66.6 Å². The summed E-state index contributed by atoms with van der Waals surface area (Å²) in [6, 6.07) is 11.4. The molecular weight excluding hydrogens is 325 g/mol. The van der Waals surface area contributed by atoms with Crippen molar-refractivity contribution in [2.45, 2.75) is 12.7 Å². The van der Waals surface area contributed by atoms with E-state index in [0.717, 1.165) is 17.7 Å². The van der Waals surface area contributed by atoms with E-state index in [1.54, 1.807) is 30.3 Å². The zero-order valence-electron chi connectivity index (χ0n) is 12.5. The second kappa shape index (κ2) is 7.31. The molecule has 24 heavy (non-hydrogen) atoms. The van der Waals surface area contributed by atoms with Crippen LogP contribution in [0.15, 0.2) is 48.5 Å². The molecule has 2 aromatic rings. The first-order chi connectivity index (χ1) is 11.3. The molecule has 2 rings (SSSR count). The Morgan fingerprint density at radius 1 is 1.12 bits per heavy atom. The monoisotopic (exact) mass is 340 g/mol. The van der Waals surface area contributed by atoms with Crippen LogP contribution in [0.25, 0.3) is 0 Å². The fourth-order valence-electron chi connectivity index (χ4n) is 2.32. The van der Waals surface area contributed by atoms with E-state index >= 15 is 0 Å². The summed E-state index contributed by atoms with van der Waals surface area (Å²) in [6.07, 6.45) is -4.66. The van der Waals surface area contributed by atoms with Crippen molar-refractivity contribution in [2.75, 3.05) is 18.1 Å². The molecular formula is C16H15F3N2O3. The number of rotatable bonds is 6. The molecule has 0 radical (unpaired) electrons. The van der Waals surface area contributed by atoms with Crippen molar-refractivity contribution >= 4 is 11.4 Å². The second-order valence-corrected chi connectivity index (χ2v) is 5.09. The van der Waals surface area contributed by atoms with Gasteiger partial charge in [-0.3, -0.25) is 10.1 Å². The number of halogens is 3. The van der Waals surface area contributed by atoms with Crippen molar-refractivity contribution in [3.05, 3.63) is 69.8 Å². The minimum absolute atomic E-state index is 0.0332. The van der Waals surface area contributed by atoms with Gasteiger partial charge in [0.05, 0.1) is 17.1 Å². The zero-order chi connectivity index (χ0) is 17.7. The number of nitro benzene ring substituents is 1. The zero-order valence-corrected chi connectivity index (χ0v) is 12.5. The molecule has 0 unspecified atom stereocenters. The summed E-state index contributed by atoms with van der Waals surface area (Å²) >= 11 is 0. The normalized spacial score (nSPS) is 11.3. The van der Waals surface area contributed by atoms with Crippen LogP contribution in [0.1, 0.15) is 11.1 Å². The van der Waals surface area contributed by atoms with E-state index in [0.29, 0.717) is 6.07 Å². The summed E-state index contributed by atoms with van der Waals surface area (Å²) in [5, 5.41) is 20.4. The van der Waals surface area contributed by atoms with Crippen molar-refractivity contribution in [1.29, 1.82) is 0 Å². The lowest BCUT2D eigenvalue weighted by Crippen LogP contribution is -2.27. The third-order valence-corrected chi connectivity index (χ3v) is 3.43. The third-order valence-electron chi connectivity index (χ3n) is 3.43. The van der Waals surface area contributed by atoms with Gasteiger partial charge in [0, 0.05) is 19.2 Å². The Balaban J connectivity index is 2.43. The van der Waals surface area contributed by atoms with Gasteiger partial charge in [-0.2, -0.15) is 13.2 Å². The van der Waals surface area contributed by atoms with E-state index in [2.05, 4.69) is 0 Å². The fourth-order valence-corrected chi connectivity index (χ4v) is 2.32. The summed E-state index contributed by atoms with van der Waals surface area (Å²) in [5.74, 6) is 0. The van der Waals surface area contributed by atoms with Gasteiger partial charge in [-0.1, -0.05) is 30.3 Å². The molecule has 8 heteroatoms. The number of aliphatic hydroxyl groups excluding tert-OH is 1. The molecule has 1 N–H and O–H groups in total. The highest BCUT2D eigenvalue weighted by atomic mass is 19.4. The van der Waals surface area contributed by atoms with Crippen LogP contribution in [0.5, 0.6) is 0 Å². The summed E-state index contributed by atoms with van der Waals surface area (Å²) in [5.41, 5.74) is -0.873. The molecule has 0 aliphatic rings. The van der Waals surface area contributed by atoms with Crippen molar-refractivity contribution in [1.82, 2.24) is 0 Å². The quantitative estimate of drug-likeness (QED) is 0.644. The second-order valence-electron chi connectivity index (χ2n) is 5.09. The molecule has 0 atom stereocenters. The number of nitrogens with zero attached hydrogens (tertiary/aromatic N) is 2. The standard InChI is InChI=1S/C16H15F3N2O3/c17-16(18,19)13-6-7-14(15(10-13)21(23)24)20(8-9-22)11-12-4-2-1-3-5-12/h1-7,10,22H,8-9,11H2. The van der Waals surface area contributed by atoms with E-state index in [1.807, 2.05) is 0 Å². The van der Waals surface area contributed by atoms with E-state index < -0.39 is 22.4 Å². The molecule has 0 bridgehead atoms. The number of aliphatic hydroxyl groups is 1. The molecule has 0 saturated heterocycles. The predicted molar refractivity (Wildman–Crippen MR) is 82.7 cm³/mol. The van der Waals surface area contributed by atoms with Gasteiger partial charge in [0.1, 0.15) is 5.69 Å². The van der Waals surface area contributed by atoms with E-state index in [-0.39, 0.29) is 25.4 Å². The molecule has 0 amide bonds. The average Bonchev–Trinajstić information content (AvgIpc) is 2.54. The van der Waals surface area contributed by atoms with Crippen LogP contribution in [0.4, 0.5) is 24.5 Å². The molecule has 0 aromatic heterocycles. The predicted octanol–water partition coefficient (Wildman–Crippen LogP) is 3.61. The van der Waals surface area contributed by atoms with Crippen LogP contribution in [0.2, 0.25) is 0 Å². The Bertz CT molecular complexity index is 705. The van der Waals surface area contributed by atoms with Crippen molar-refractivity contribution in [3.8, 4) is 0 Å². The number of alkyl halides is 3. The molecule has 0 aliphatic heterocycles. The molecule has 5 nitrogen and oxygen atoms in total. The van der Waals surface area contributed by atoms with E-state index in [1.165, 1.54) is 4.90 Å². The molecule has 0 aliphatic carbocycles. The van der Waals surface area contributed by atoms with Gasteiger partial charge in [0.2, 0.25) is 0 Å². The first kappa shape index (κ1) is 17.7. The summed E-state index contributed by atoms with van der Waals surface area (Å²) in [4.78, 5) is 11.8. The van der Waals surface area contributed by atoms with Crippen LogP contribution in [-0.2, 0) is 12.7 Å². The van der Waals surface area contributed by atoms with Gasteiger partial charge >= 0.3 is 6.18 Å². The molecule has 0 saturated carbocycles. The number of hydrogen-bond donors (Lipinski definition) is 1. The van der Waals surface area contributed by atoms with Crippen LogP contribution in [-0.4, -0.2) is 23.2 Å². The van der Waals surface area contributed by atoms with Crippen LogP contribution >= 0.6 is 0 Å². The van der Waals surface area contributed by atoms with Gasteiger partial charge in [0.25, 0.3) is 5.69 Å². The number of nitro groups is 1. The highest BCUT2D eigenvalue weighted by Crippen LogP contribution is 2.36. The molecule has 2 aromatic carbocycles. The summed E-state index contributed by atoms with van der Waals surface area (Å²) in [6.45, 7) is -0.000284. The Morgan fingerprint density at radius 2 is 1.79 bits per heavy atom. The van der Waals surface area contributed by atoms with Crippen molar-refractivity contribution in [3.63, 3.8) is 0 Å². The first-order valence-electron chi connectivity index (χ1n) is 7.08. The lowest BCUT2D eigenvalue weighted by atomic mass is 10.1. The van der Waals surface area contributed by atoms with E-state index in [9.17, 15) is 28.4 Å². The van der Waals surface area contributed by atoms with Gasteiger partial charge in [-0.25, -0.2) is 0 Å². The molecule has 128 valence electrons. The van der Waals surface area contributed by atoms with Crippen LogP contribution < -0.4 is 4.90 Å². The minimum Gasteiger partial charge on any atom is -0.395 e. The SMILES string of the molecule is O=[N+]([O-])c1cc(C(F)(F)F)ccc1N(CCO)Cc1ccccc1. The summed E-state index contributed by atoms with van der Waals surface area (Å²) in [7, 11) is 0. The molecule has 0 heterocycles. The molecule has 0 fully saturated rings. The lowest BCUT2D eigenvalue weighted by Gasteiger charge is -2.24. The Hall–Kier alpha value is -2.61. The highest BCUT2D eigenvalue weighted by Gasteiger charge is 2.33. The van der Waals surface area contributed by atoms with Crippen LogP contribution in [0.3, 0.4) is 0 Å². The van der Waals surface area contributed by atoms with Gasteiger partial charge in [-0.15, -0.1) is 0 Å². The Kier molecular flexibility index (Phi) is 5.40. The first-order valence-corrected chi connectivity index (χ1v) is 7.08. The number of anilines is 1. The molecule has 0 spiro atoms. The Labute approximate surface area is 136 Å². The number of hydrogen-bond acceptors (Lipinski definition) is 4. The van der Waals surface area contributed by atoms with Crippen molar-refractivity contribution < 1.29 is 23.2 Å². The van der Waals surface area contributed by atoms with Gasteiger partial charge in [-0.05, 0) is 17.7 Å². The van der Waals surface area contributed by atoms with E-state index in [4.69, 9.17) is 0 Å². The highest BCUT2D eigenvalue weighted by molar-refractivity contribution is 5.65. The Morgan fingerprint density at radius 3 is 2.33 bits per heavy atom. The van der Waals surface area contributed by atoms with Gasteiger partial charge < -0.3 is 10.0 Å².